The lowest BCUT2D eigenvalue weighted by Crippen LogP contribution is -2.26. The summed E-state index contributed by atoms with van der Waals surface area (Å²) in [5.41, 5.74) is 1.11. The van der Waals surface area contributed by atoms with E-state index in [9.17, 15) is 18.0 Å². The highest BCUT2D eigenvalue weighted by Gasteiger charge is 2.37. The lowest BCUT2D eigenvalue weighted by molar-refractivity contribution is -0.117. The number of amides is 1. The molecule has 0 aromatic heterocycles. The van der Waals surface area contributed by atoms with Crippen LogP contribution in [0.25, 0.3) is 0 Å². The summed E-state index contributed by atoms with van der Waals surface area (Å²) in [5.74, 6) is -0.356. The summed E-state index contributed by atoms with van der Waals surface area (Å²) in [6, 6.07) is 6.46. The molecule has 1 aliphatic rings. The Morgan fingerprint density at radius 3 is 2.32 bits per heavy atom. The largest absolute Gasteiger partial charge is 0.311 e. The molecule has 102 valence electrons. The highest BCUT2D eigenvalue weighted by Crippen LogP contribution is 2.26. The van der Waals surface area contributed by atoms with Crippen LogP contribution < -0.4 is 4.90 Å². The van der Waals surface area contributed by atoms with Crippen molar-refractivity contribution >= 4 is 37.1 Å². The van der Waals surface area contributed by atoms with E-state index in [2.05, 4.69) is 0 Å². The fraction of sp³-hybridized carbons (Fsp3) is 0.333. The summed E-state index contributed by atoms with van der Waals surface area (Å²) < 4.78 is 22.5. The van der Waals surface area contributed by atoms with Crippen molar-refractivity contribution < 1.29 is 18.0 Å². The van der Waals surface area contributed by atoms with Crippen LogP contribution in [0.1, 0.15) is 23.7 Å². The first kappa shape index (κ1) is 14.0. The topological polar surface area (TPSA) is 71.5 Å². The number of nitrogens with zero attached hydrogens (tertiary/aromatic N) is 1. The molecule has 0 radical (unpaired) electrons. The number of anilines is 1. The van der Waals surface area contributed by atoms with Gasteiger partial charge in [0.1, 0.15) is 5.25 Å². The van der Waals surface area contributed by atoms with E-state index in [1.807, 2.05) is 0 Å². The number of hydrogen-bond donors (Lipinski definition) is 0. The minimum Gasteiger partial charge on any atom is -0.311 e. The average molecular weight is 302 g/mol. The highest BCUT2D eigenvalue weighted by atomic mass is 35.7. The van der Waals surface area contributed by atoms with Gasteiger partial charge in [-0.2, -0.15) is 0 Å². The summed E-state index contributed by atoms with van der Waals surface area (Å²) in [6.45, 7) is 1.50. The highest BCUT2D eigenvalue weighted by molar-refractivity contribution is 8.14. The number of carbonyl (C=O) groups is 2. The van der Waals surface area contributed by atoms with Gasteiger partial charge in [-0.3, -0.25) is 9.59 Å². The molecule has 1 atom stereocenters. The molecule has 0 spiro atoms. The van der Waals surface area contributed by atoms with Gasteiger partial charge in [-0.25, -0.2) is 8.42 Å². The summed E-state index contributed by atoms with van der Waals surface area (Å²) in [4.78, 5) is 24.3. The maximum atomic E-state index is 11.8. The van der Waals surface area contributed by atoms with Crippen molar-refractivity contribution in [2.24, 2.45) is 0 Å². The SMILES string of the molecule is CC(=O)c1ccc(N2CC(S(=O)(=O)Cl)CC2=O)cc1. The number of carbonyl (C=O) groups excluding carboxylic acids is 2. The molecule has 0 bridgehead atoms. The van der Waals surface area contributed by atoms with Crippen LogP contribution in [0.5, 0.6) is 0 Å². The number of ketones is 1. The zero-order valence-electron chi connectivity index (χ0n) is 10.2. The molecule has 0 aliphatic carbocycles. The Morgan fingerprint density at radius 1 is 1.32 bits per heavy atom. The van der Waals surface area contributed by atoms with Crippen molar-refractivity contribution in [1.82, 2.24) is 0 Å². The number of halogens is 1. The molecular formula is C12H12ClNO4S. The summed E-state index contributed by atoms with van der Waals surface area (Å²) in [7, 11) is 1.53. The van der Waals surface area contributed by atoms with Crippen LogP contribution in [0.2, 0.25) is 0 Å². The minimum atomic E-state index is -3.74. The zero-order chi connectivity index (χ0) is 14.2. The van der Waals surface area contributed by atoms with Gasteiger partial charge < -0.3 is 4.90 Å². The van der Waals surface area contributed by atoms with Crippen molar-refractivity contribution in [3.8, 4) is 0 Å². The van der Waals surface area contributed by atoms with Gasteiger partial charge in [0.25, 0.3) is 0 Å². The molecule has 0 N–H and O–H groups in total. The Balaban J connectivity index is 2.23. The predicted molar refractivity (Wildman–Crippen MR) is 72.0 cm³/mol. The fourth-order valence-electron chi connectivity index (χ4n) is 1.99. The molecule has 1 amide bonds. The van der Waals surface area contributed by atoms with E-state index < -0.39 is 14.3 Å². The molecule has 1 saturated heterocycles. The Bertz CT molecular complexity index is 624. The number of hydrogen-bond acceptors (Lipinski definition) is 4. The lowest BCUT2D eigenvalue weighted by atomic mass is 10.1. The quantitative estimate of drug-likeness (QED) is 0.627. The summed E-state index contributed by atoms with van der Waals surface area (Å²) in [5, 5.41) is -0.880. The van der Waals surface area contributed by atoms with Crippen molar-refractivity contribution in [3.05, 3.63) is 29.8 Å². The summed E-state index contributed by atoms with van der Waals surface area (Å²) >= 11 is 0. The Labute approximate surface area is 115 Å². The van der Waals surface area contributed by atoms with Crippen LogP contribution in [0.3, 0.4) is 0 Å². The maximum Gasteiger partial charge on any atom is 0.237 e. The van der Waals surface area contributed by atoms with E-state index in [0.29, 0.717) is 11.3 Å². The third-order valence-electron chi connectivity index (χ3n) is 3.07. The lowest BCUT2D eigenvalue weighted by Gasteiger charge is -2.16. The Hall–Kier alpha value is -1.40. The Morgan fingerprint density at radius 2 is 1.89 bits per heavy atom. The second kappa shape index (κ2) is 4.94. The van der Waals surface area contributed by atoms with Crippen molar-refractivity contribution in [2.45, 2.75) is 18.6 Å². The molecule has 5 nitrogen and oxygen atoms in total. The van der Waals surface area contributed by atoms with Gasteiger partial charge in [0.05, 0.1) is 0 Å². The number of benzene rings is 1. The fourth-order valence-corrected chi connectivity index (χ4v) is 3.02. The van der Waals surface area contributed by atoms with E-state index >= 15 is 0 Å². The van der Waals surface area contributed by atoms with E-state index in [1.165, 1.54) is 11.8 Å². The van der Waals surface area contributed by atoms with Crippen LogP contribution in [-0.4, -0.2) is 31.9 Å². The van der Waals surface area contributed by atoms with Gasteiger partial charge in [-0.05, 0) is 31.2 Å². The summed E-state index contributed by atoms with van der Waals surface area (Å²) in [6.07, 6.45) is -0.111. The molecule has 0 saturated carbocycles. The van der Waals surface area contributed by atoms with Gasteiger partial charge in [-0.1, -0.05) is 0 Å². The van der Waals surface area contributed by atoms with E-state index in [4.69, 9.17) is 10.7 Å². The number of Topliss-reactive ketones (excluding diaryl/α,β-unsaturated/α-hetero) is 1. The predicted octanol–water partition coefficient (Wildman–Crippen LogP) is 1.56. The molecule has 1 fully saturated rings. The minimum absolute atomic E-state index is 0.0457. The second-order valence-electron chi connectivity index (χ2n) is 4.41. The van der Waals surface area contributed by atoms with E-state index in [-0.39, 0.29) is 24.7 Å². The molecule has 1 aromatic carbocycles. The van der Waals surface area contributed by atoms with Crippen molar-refractivity contribution in [1.29, 1.82) is 0 Å². The van der Waals surface area contributed by atoms with Crippen LogP contribution in [0.15, 0.2) is 24.3 Å². The molecular weight excluding hydrogens is 290 g/mol. The van der Waals surface area contributed by atoms with Gasteiger partial charge >= 0.3 is 0 Å². The van der Waals surface area contributed by atoms with Crippen LogP contribution in [0, 0.1) is 0 Å². The standard InChI is InChI=1S/C12H12ClNO4S/c1-8(15)9-2-4-10(5-3-9)14-7-11(6-12(14)16)19(13,17)18/h2-5,11H,6-7H2,1H3. The van der Waals surface area contributed by atoms with Gasteiger partial charge in [0.15, 0.2) is 5.78 Å². The van der Waals surface area contributed by atoms with Gasteiger partial charge in [0, 0.05) is 34.9 Å². The van der Waals surface area contributed by atoms with Crippen molar-refractivity contribution in [2.75, 3.05) is 11.4 Å². The third-order valence-corrected chi connectivity index (χ3v) is 4.94. The van der Waals surface area contributed by atoms with Gasteiger partial charge in [-0.15, -0.1) is 0 Å². The second-order valence-corrected chi connectivity index (χ2v) is 7.32. The molecule has 1 aromatic rings. The molecule has 2 rings (SSSR count). The first-order valence-electron chi connectivity index (χ1n) is 5.64. The molecule has 7 heteroatoms. The molecule has 1 unspecified atom stereocenters. The molecule has 19 heavy (non-hydrogen) atoms. The van der Waals surface area contributed by atoms with Crippen LogP contribution in [0.4, 0.5) is 5.69 Å². The first-order valence-corrected chi connectivity index (χ1v) is 8.01. The van der Waals surface area contributed by atoms with Crippen LogP contribution >= 0.6 is 10.7 Å². The normalized spacial score (nSPS) is 19.8. The first-order chi connectivity index (χ1) is 8.79. The van der Waals surface area contributed by atoms with E-state index in [1.54, 1.807) is 24.3 Å². The van der Waals surface area contributed by atoms with Gasteiger partial charge in [0.2, 0.25) is 15.0 Å². The zero-order valence-corrected chi connectivity index (χ0v) is 11.7. The Kier molecular flexibility index (Phi) is 3.64. The third kappa shape index (κ3) is 2.96. The maximum absolute atomic E-state index is 11.8. The monoisotopic (exact) mass is 301 g/mol. The van der Waals surface area contributed by atoms with Crippen LogP contribution in [-0.2, 0) is 13.8 Å². The smallest absolute Gasteiger partial charge is 0.237 e. The number of rotatable bonds is 3. The molecule has 1 aliphatic heterocycles. The van der Waals surface area contributed by atoms with Crippen molar-refractivity contribution in [3.63, 3.8) is 0 Å². The molecule has 1 heterocycles. The van der Waals surface area contributed by atoms with E-state index in [0.717, 1.165) is 0 Å². The average Bonchev–Trinajstić information content (AvgIpc) is 2.71.